The Balaban J connectivity index is 0.000000233. The van der Waals surface area contributed by atoms with Gasteiger partial charge in [0.25, 0.3) is 0 Å². The van der Waals surface area contributed by atoms with Crippen LogP contribution in [0.15, 0.2) is 86.0 Å². The normalized spacial score (nSPS) is 9.91. The van der Waals surface area contributed by atoms with E-state index in [2.05, 4.69) is 55.9 Å². The van der Waals surface area contributed by atoms with E-state index in [4.69, 9.17) is 18.9 Å². The van der Waals surface area contributed by atoms with Gasteiger partial charge in [0.1, 0.15) is 37.9 Å². The highest BCUT2D eigenvalue weighted by molar-refractivity contribution is 7.38. The second-order valence-corrected chi connectivity index (χ2v) is 12.5. The van der Waals surface area contributed by atoms with Crippen LogP contribution in [0.3, 0.4) is 0 Å². The van der Waals surface area contributed by atoms with Gasteiger partial charge in [-0.25, -0.2) is 9.59 Å². The summed E-state index contributed by atoms with van der Waals surface area (Å²) in [6.45, 7) is 11.6. The summed E-state index contributed by atoms with van der Waals surface area (Å²) in [4.78, 5) is 24.1. The van der Waals surface area contributed by atoms with Gasteiger partial charge >= 0.3 is 11.9 Å². The SMILES string of the molecule is C=CC(=O)OCCOc1ccc(C#CC)cc1.C=CC(=O)OCCOc1ccc(C#Cc2cc3sc4cc(C)sc4c3s2)cc1. The second-order valence-electron chi connectivity index (χ2n) is 9.07. The molecule has 0 aliphatic rings. The fourth-order valence-corrected chi connectivity index (χ4v) is 7.57. The Morgan fingerprint density at radius 1 is 0.689 bits per heavy atom. The Kier molecular flexibility index (Phi) is 12.4. The van der Waals surface area contributed by atoms with E-state index in [0.717, 1.165) is 33.9 Å². The third kappa shape index (κ3) is 10.1. The molecule has 0 radical (unpaired) electrons. The lowest BCUT2D eigenvalue weighted by Gasteiger charge is -2.06. The number of thiophene rings is 3. The number of hydrogen-bond acceptors (Lipinski definition) is 9. The first-order valence-electron chi connectivity index (χ1n) is 13.8. The Morgan fingerprint density at radius 2 is 1.20 bits per heavy atom. The standard InChI is InChI=1S/C22H16O3S3.C14H14O3/c1-3-20(23)25-11-10-24-16-7-4-15(5-8-16)6-9-17-13-19-22(27-17)21-18(28-19)12-14(2)26-21;1-3-5-12-6-8-13(9-7-12)16-10-11-17-14(15)4-2/h3-5,7-8,12-13H,1,10-11H2,2H3;4,6-9H,2,10-11H2,1H3. The molecule has 0 bridgehead atoms. The summed E-state index contributed by atoms with van der Waals surface area (Å²) in [5.74, 6) is 12.8. The molecule has 0 aliphatic carbocycles. The minimum atomic E-state index is -0.447. The highest BCUT2D eigenvalue weighted by Crippen LogP contribution is 2.43. The van der Waals surface area contributed by atoms with E-state index in [1.807, 2.05) is 71.2 Å². The maximum absolute atomic E-state index is 11.0. The number of carbonyl (C=O) groups excluding carboxylic acids is 2. The highest BCUT2D eigenvalue weighted by Gasteiger charge is 2.11. The molecule has 0 spiro atoms. The Bertz CT molecular complexity index is 1900. The molecule has 0 N–H and O–H groups in total. The fraction of sp³-hybridized carbons (Fsp3) is 0.167. The van der Waals surface area contributed by atoms with E-state index in [1.165, 1.54) is 23.7 Å². The van der Waals surface area contributed by atoms with Crippen molar-refractivity contribution in [2.75, 3.05) is 26.4 Å². The molecule has 5 aromatic rings. The third-order valence-electron chi connectivity index (χ3n) is 5.78. The van der Waals surface area contributed by atoms with Crippen molar-refractivity contribution in [2.24, 2.45) is 0 Å². The number of fused-ring (bicyclic) bond motifs is 3. The monoisotopic (exact) mass is 654 g/mol. The molecule has 0 saturated heterocycles. The maximum atomic E-state index is 11.0. The Morgan fingerprint density at radius 3 is 1.73 bits per heavy atom. The van der Waals surface area contributed by atoms with Crippen LogP contribution in [0.4, 0.5) is 0 Å². The number of ether oxygens (including phenoxy) is 4. The van der Waals surface area contributed by atoms with Gasteiger partial charge in [-0.3, -0.25) is 0 Å². The quantitative estimate of drug-likeness (QED) is 0.0655. The van der Waals surface area contributed by atoms with Crippen LogP contribution in [0.2, 0.25) is 0 Å². The summed E-state index contributed by atoms with van der Waals surface area (Å²) in [5, 5.41) is 0. The Labute approximate surface area is 274 Å². The molecule has 0 unspecified atom stereocenters. The van der Waals surface area contributed by atoms with Crippen LogP contribution in [0.25, 0.3) is 18.8 Å². The highest BCUT2D eigenvalue weighted by atomic mass is 32.1. The van der Waals surface area contributed by atoms with Crippen LogP contribution in [0.5, 0.6) is 11.5 Å². The Hall–Kier alpha value is -4.80. The average Bonchev–Trinajstić information content (AvgIpc) is 3.71. The van der Waals surface area contributed by atoms with Gasteiger partial charge in [0.05, 0.1) is 14.3 Å². The summed E-state index contributed by atoms with van der Waals surface area (Å²) in [6, 6.07) is 19.4. The van der Waals surface area contributed by atoms with Gasteiger partial charge in [0.2, 0.25) is 0 Å². The average molecular weight is 655 g/mol. The van der Waals surface area contributed by atoms with Crippen LogP contribution in [-0.2, 0) is 19.1 Å². The maximum Gasteiger partial charge on any atom is 0.330 e. The lowest BCUT2D eigenvalue weighted by atomic mass is 10.2. The number of hydrogen-bond donors (Lipinski definition) is 0. The smallest absolute Gasteiger partial charge is 0.330 e. The van der Waals surface area contributed by atoms with E-state index in [0.29, 0.717) is 19.0 Å². The molecule has 3 aromatic heterocycles. The van der Waals surface area contributed by atoms with Crippen LogP contribution < -0.4 is 9.47 Å². The van der Waals surface area contributed by atoms with Gasteiger partial charge in [-0.15, -0.1) is 39.9 Å². The molecule has 3 heterocycles. The summed E-state index contributed by atoms with van der Waals surface area (Å²) in [5.41, 5.74) is 1.87. The van der Waals surface area contributed by atoms with Crippen LogP contribution in [-0.4, -0.2) is 38.4 Å². The van der Waals surface area contributed by atoms with Crippen molar-refractivity contribution in [2.45, 2.75) is 13.8 Å². The van der Waals surface area contributed by atoms with Crippen molar-refractivity contribution < 1.29 is 28.5 Å². The van der Waals surface area contributed by atoms with Crippen LogP contribution >= 0.6 is 34.0 Å². The molecule has 0 atom stereocenters. The first-order chi connectivity index (χ1) is 21.9. The predicted octanol–water partition coefficient (Wildman–Crippen LogP) is 8.16. The predicted molar refractivity (Wildman–Crippen MR) is 185 cm³/mol. The largest absolute Gasteiger partial charge is 0.490 e. The third-order valence-corrected chi connectivity index (χ3v) is 9.39. The number of esters is 2. The van der Waals surface area contributed by atoms with Crippen LogP contribution in [0.1, 0.15) is 27.8 Å². The van der Waals surface area contributed by atoms with E-state index in [-0.39, 0.29) is 13.2 Å². The van der Waals surface area contributed by atoms with E-state index < -0.39 is 11.9 Å². The van der Waals surface area contributed by atoms with Gasteiger partial charge in [0, 0.05) is 37.6 Å². The van der Waals surface area contributed by atoms with Crippen molar-refractivity contribution in [3.05, 3.63) is 107 Å². The molecule has 9 heteroatoms. The van der Waals surface area contributed by atoms with Gasteiger partial charge in [0.15, 0.2) is 0 Å². The van der Waals surface area contributed by atoms with E-state index in [9.17, 15) is 9.59 Å². The summed E-state index contributed by atoms with van der Waals surface area (Å²) >= 11 is 5.46. The molecular formula is C36H30O6S3. The zero-order valence-corrected chi connectivity index (χ0v) is 27.3. The molecule has 6 nitrogen and oxygen atoms in total. The lowest BCUT2D eigenvalue weighted by Crippen LogP contribution is -2.10. The minimum Gasteiger partial charge on any atom is -0.490 e. The van der Waals surface area contributed by atoms with Crippen molar-refractivity contribution >= 4 is 64.7 Å². The van der Waals surface area contributed by atoms with Gasteiger partial charge < -0.3 is 18.9 Å². The minimum absolute atomic E-state index is 0.193. The second kappa shape index (κ2) is 16.9. The first kappa shape index (κ1) is 33.1. The summed E-state index contributed by atoms with van der Waals surface area (Å²) < 4.78 is 26.0. The van der Waals surface area contributed by atoms with Crippen molar-refractivity contribution in [1.29, 1.82) is 0 Å². The topological polar surface area (TPSA) is 71.1 Å². The van der Waals surface area contributed by atoms with E-state index >= 15 is 0 Å². The molecule has 5 rings (SSSR count). The van der Waals surface area contributed by atoms with Crippen molar-refractivity contribution in [3.8, 4) is 35.2 Å². The lowest BCUT2D eigenvalue weighted by molar-refractivity contribution is -0.139. The van der Waals surface area contributed by atoms with E-state index in [1.54, 1.807) is 18.3 Å². The van der Waals surface area contributed by atoms with Gasteiger partial charge in [-0.1, -0.05) is 30.9 Å². The summed E-state index contributed by atoms with van der Waals surface area (Å²) in [6.07, 6.45) is 2.26. The van der Waals surface area contributed by atoms with Gasteiger partial charge in [-0.2, -0.15) is 0 Å². The first-order valence-corrected chi connectivity index (χ1v) is 16.2. The molecule has 0 fully saturated rings. The number of carbonyl (C=O) groups is 2. The molecule has 0 saturated carbocycles. The molecule has 0 amide bonds. The van der Waals surface area contributed by atoms with Crippen LogP contribution in [0, 0.1) is 30.6 Å². The zero-order valence-electron chi connectivity index (χ0n) is 24.8. The molecule has 2 aromatic carbocycles. The molecule has 228 valence electrons. The summed E-state index contributed by atoms with van der Waals surface area (Å²) in [7, 11) is 0. The number of rotatable bonds is 10. The number of benzene rings is 2. The van der Waals surface area contributed by atoms with Gasteiger partial charge in [-0.05, 0) is 74.5 Å². The van der Waals surface area contributed by atoms with Crippen molar-refractivity contribution in [1.82, 2.24) is 0 Å². The molecular weight excluding hydrogens is 625 g/mol. The molecule has 0 aliphatic heterocycles. The molecule has 45 heavy (non-hydrogen) atoms. The van der Waals surface area contributed by atoms with Crippen molar-refractivity contribution in [3.63, 3.8) is 0 Å². The zero-order chi connectivity index (χ0) is 32.0. The fourth-order valence-electron chi connectivity index (χ4n) is 3.78. The number of aryl methyl sites for hydroxylation is 1.